The van der Waals surface area contributed by atoms with Crippen molar-refractivity contribution in [2.24, 2.45) is 0 Å². The first kappa shape index (κ1) is 26.7. The summed E-state index contributed by atoms with van der Waals surface area (Å²) in [6.07, 6.45) is 16.8. The van der Waals surface area contributed by atoms with Gasteiger partial charge >= 0.3 is 0 Å². The van der Waals surface area contributed by atoms with E-state index in [1.54, 1.807) is 0 Å². The lowest BCUT2D eigenvalue weighted by atomic mass is 10.0. The zero-order chi connectivity index (χ0) is 23.9. The summed E-state index contributed by atoms with van der Waals surface area (Å²) in [5.74, 6) is 0. The Labute approximate surface area is 210 Å². The summed E-state index contributed by atoms with van der Waals surface area (Å²) >= 11 is 0. The van der Waals surface area contributed by atoms with Crippen LogP contribution in [0.4, 0.5) is 0 Å². The standard InChI is InChI=1S/C33H46P/c1-3-4-5-6-7-8-9-10-11-12-16-23-30(2)34(31-24-17-13-18-25-31,32-26-19-14-20-27-32)33-28-21-15-22-29-33/h13-15,17-22,24-30H,3-12,16,23H2,1-2H3/q+1. The smallest absolute Gasteiger partial charge is 0.0654 e. The second kappa shape index (κ2) is 15.2. The molecule has 0 heterocycles. The van der Waals surface area contributed by atoms with E-state index in [1.165, 1.54) is 93.0 Å². The fourth-order valence-electron chi connectivity index (χ4n) is 5.50. The van der Waals surface area contributed by atoms with Crippen LogP contribution in [0.5, 0.6) is 0 Å². The molecule has 1 unspecified atom stereocenters. The van der Waals surface area contributed by atoms with Crippen LogP contribution in [0.3, 0.4) is 0 Å². The lowest BCUT2D eigenvalue weighted by Crippen LogP contribution is -2.37. The molecule has 1 atom stereocenters. The molecule has 34 heavy (non-hydrogen) atoms. The Hall–Kier alpha value is -1.91. The zero-order valence-corrected chi connectivity index (χ0v) is 22.6. The van der Waals surface area contributed by atoms with Crippen LogP contribution in [-0.2, 0) is 0 Å². The molecule has 0 bridgehead atoms. The monoisotopic (exact) mass is 473 g/mol. The molecule has 0 aliphatic heterocycles. The summed E-state index contributed by atoms with van der Waals surface area (Å²) in [6, 6.07) is 34.1. The van der Waals surface area contributed by atoms with E-state index in [4.69, 9.17) is 0 Å². The largest absolute Gasteiger partial charge is 0.114 e. The molecule has 0 radical (unpaired) electrons. The van der Waals surface area contributed by atoms with Crippen LogP contribution in [0.25, 0.3) is 0 Å². The lowest BCUT2D eigenvalue weighted by Gasteiger charge is -2.33. The maximum absolute atomic E-state index is 2.52. The molecule has 3 aromatic carbocycles. The molecule has 0 amide bonds. The minimum atomic E-state index is -1.72. The molecule has 3 aromatic rings. The SMILES string of the molecule is CCCCCCCCCCCCCC(C)[P+](c1ccccc1)(c1ccccc1)c1ccccc1. The fraction of sp³-hybridized carbons (Fsp3) is 0.455. The Morgan fingerprint density at radius 3 is 1.15 bits per heavy atom. The van der Waals surface area contributed by atoms with E-state index in [9.17, 15) is 0 Å². The van der Waals surface area contributed by atoms with Crippen LogP contribution < -0.4 is 15.9 Å². The molecule has 1 heteroatoms. The lowest BCUT2D eigenvalue weighted by molar-refractivity contribution is 0.543. The van der Waals surface area contributed by atoms with Crippen molar-refractivity contribution in [1.29, 1.82) is 0 Å². The van der Waals surface area contributed by atoms with Gasteiger partial charge in [0.05, 0.1) is 5.66 Å². The van der Waals surface area contributed by atoms with E-state index in [1.807, 2.05) is 0 Å². The van der Waals surface area contributed by atoms with Gasteiger partial charge in [-0.3, -0.25) is 0 Å². The Kier molecular flexibility index (Phi) is 11.9. The van der Waals surface area contributed by atoms with Crippen LogP contribution >= 0.6 is 7.26 Å². The Morgan fingerprint density at radius 1 is 0.471 bits per heavy atom. The predicted octanol–water partition coefficient (Wildman–Crippen LogP) is 9.07. The maximum atomic E-state index is 2.52. The van der Waals surface area contributed by atoms with E-state index in [2.05, 4.69) is 105 Å². The predicted molar refractivity (Wildman–Crippen MR) is 156 cm³/mol. The minimum absolute atomic E-state index is 0.623. The van der Waals surface area contributed by atoms with Gasteiger partial charge in [-0.25, -0.2) is 0 Å². The zero-order valence-electron chi connectivity index (χ0n) is 21.7. The highest BCUT2D eigenvalue weighted by Gasteiger charge is 2.49. The average Bonchev–Trinajstić information content (AvgIpc) is 2.90. The quantitative estimate of drug-likeness (QED) is 0.144. The molecule has 0 spiro atoms. The molecular formula is C33H46P+. The normalized spacial score (nSPS) is 12.5. The fourth-order valence-corrected chi connectivity index (χ4v) is 10.4. The summed E-state index contributed by atoms with van der Waals surface area (Å²) in [5.41, 5.74) is 0.623. The van der Waals surface area contributed by atoms with E-state index in [-0.39, 0.29) is 0 Å². The number of benzene rings is 3. The highest BCUT2D eigenvalue weighted by atomic mass is 31.2. The van der Waals surface area contributed by atoms with Gasteiger partial charge < -0.3 is 0 Å². The summed E-state index contributed by atoms with van der Waals surface area (Å²) in [6.45, 7) is 4.82. The van der Waals surface area contributed by atoms with Crippen molar-refractivity contribution in [2.75, 3.05) is 0 Å². The number of unbranched alkanes of at least 4 members (excludes halogenated alkanes) is 10. The molecule has 0 aliphatic carbocycles. The van der Waals surface area contributed by atoms with Crippen molar-refractivity contribution in [2.45, 2.75) is 96.6 Å². The molecular weight excluding hydrogens is 427 g/mol. The third kappa shape index (κ3) is 7.29. The number of hydrogen-bond donors (Lipinski definition) is 0. The van der Waals surface area contributed by atoms with E-state index >= 15 is 0 Å². The van der Waals surface area contributed by atoms with Gasteiger partial charge in [0, 0.05) is 0 Å². The van der Waals surface area contributed by atoms with Gasteiger partial charge in [-0.15, -0.1) is 0 Å². The Bertz CT molecular complexity index is 791. The second-order valence-corrected chi connectivity index (χ2v) is 13.8. The summed E-state index contributed by atoms with van der Waals surface area (Å²) in [4.78, 5) is 0. The second-order valence-electron chi connectivity index (χ2n) is 9.90. The van der Waals surface area contributed by atoms with Gasteiger partial charge in [0.15, 0.2) is 0 Å². The summed E-state index contributed by atoms with van der Waals surface area (Å²) in [7, 11) is -1.72. The van der Waals surface area contributed by atoms with Crippen molar-refractivity contribution in [3.8, 4) is 0 Å². The molecule has 0 fully saturated rings. The highest BCUT2D eigenvalue weighted by Crippen LogP contribution is 2.60. The van der Waals surface area contributed by atoms with Gasteiger partial charge in [0.25, 0.3) is 0 Å². The van der Waals surface area contributed by atoms with E-state index in [0.29, 0.717) is 5.66 Å². The first-order valence-corrected chi connectivity index (χ1v) is 15.7. The van der Waals surface area contributed by atoms with Crippen LogP contribution in [0.1, 0.15) is 90.9 Å². The summed E-state index contributed by atoms with van der Waals surface area (Å²) < 4.78 is 0. The average molecular weight is 474 g/mol. The molecule has 0 aliphatic rings. The first-order valence-electron chi connectivity index (χ1n) is 13.9. The molecule has 0 saturated heterocycles. The first-order chi connectivity index (χ1) is 16.8. The Balaban J connectivity index is 1.65. The third-order valence-electron chi connectivity index (χ3n) is 7.38. The van der Waals surface area contributed by atoms with Crippen molar-refractivity contribution >= 4 is 23.2 Å². The van der Waals surface area contributed by atoms with Gasteiger partial charge in [0.2, 0.25) is 0 Å². The molecule has 3 rings (SSSR count). The maximum Gasteiger partial charge on any atom is 0.114 e. The van der Waals surface area contributed by atoms with Crippen molar-refractivity contribution in [3.05, 3.63) is 91.0 Å². The molecule has 182 valence electrons. The van der Waals surface area contributed by atoms with Gasteiger partial charge in [-0.1, -0.05) is 126 Å². The van der Waals surface area contributed by atoms with Crippen molar-refractivity contribution in [1.82, 2.24) is 0 Å². The molecule has 0 N–H and O–H groups in total. The number of rotatable bonds is 16. The van der Waals surface area contributed by atoms with Crippen LogP contribution in [0.15, 0.2) is 91.0 Å². The number of hydrogen-bond acceptors (Lipinski definition) is 0. The Morgan fingerprint density at radius 2 is 0.794 bits per heavy atom. The highest BCUT2D eigenvalue weighted by molar-refractivity contribution is 7.96. The van der Waals surface area contributed by atoms with E-state index in [0.717, 1.165) is 0 Å². The topological polar surface area (TPSA) is 0 Å². The summed E-state index contributed by atoms with van der Waals surface area (Å²) in [5, 5.41) is 4.55. The van der Waals surface area contributed by atoms with Crippen LogP contribution in [-0.4, -0.2) is 5.66 Å². The molecule has 0 aromatic heterocycles. The minimum Gasteiger partial charge on any atom is -0.0654 e. The van der Waals surface area contributed by atoms with Crippen LogP contribution in [0, 0.1) is 0 Å². The molecule has 0 nitrogen and oxygen atoms in total. The van der Waals surface area contributed by atoms with Crippen LogP contribution in [0.2, 0.25) is 0 Å². The molecule has 0 saturated carbocycles. The van der Waals surface area contributed by atoms with E-state index < -0.39 is 7.26 Å². The van der Waals surface area contributed by atoms with Crippen molar-refractivity contribution < 1.29 is 0 Å². The van der Waals surface area contributed by atoms with Gasteiger partial charge in [0.1, 0.15) is 23.2 Å². The van der Waals surface area contributed by atoms with Crippen molar-refractivity contribution in [3.63, 3.8) is 0 Å². The van der Waals surface area contributed by atoms with Gasteiger partial charge in [-0.05, 0) is 56.2 Å². The van der Waals surface area contributed by atoms with Gasteiger partial charge in [-0.2, -0.15) is 0 Å². The third-order valence-corrected chi connectivity index (χ3v) is 12.3.